The van der Waals surface area contributed by atoms with E-state index in [1.807, 2.05) is 6.20 Å². The van der Waals surface area contributed by atoms with E-state index in [0.717, 1.165) is 39.3 Å². The first-order chi connectivity index (χ1) is 31.9. The van der Waals surface area contributed by atoms with Gasteiger partial charge in [-0.2, -0.15) is 9.13 Å². The molecule has 0 unspecified atom stereocenters. The third-order valence-electron chi connectivity index (χ3n) is 13.9. The van der Waals surface area contributed by atoms with Crippen molar-refractivity contribution in [1.29, 1.82) is 0 Å². The maximum Gasteiger partial charge on any atom is 0.255 e. The lowest BCUT2D eigenvalue weighted by molar-refractivity contribution is -0.567. The number of rotatable bonds is 8. The largest absolute Gasteiger partial charge is 0.294 e. The minimum absolute atomic E-state index is 0.379. The molecular weight excluding hydrogens is 789 g/mol. The second-order valence-electron chi connectivity index (χ2n) is 18.2. The molecule has 3 heterocycles. The summed E-state index contributed by atoms with van der Waals surface area (Å²) in [4.78, 5) is 5.18. The SMILES string of the molecule is CC(C)c1cccc(C(C)C)c1-c1ccnc(-n2c3ccccc3c3ccc(C4(c5cccc(-n6c[n+](-c7ccccc7)c7ccccc76)c5)c5ccccc5-c5ccccc54)cc32)c1. The van der Waals surface area contributed by atoms with Crippen LogP contribution >= 0.6 is 0 Å². The number of hydrogen-bond donors (Lipinski definition) is 0. The van der Waals surface area contributed by atoms with Crippen LogP contribution in [0, 0.1) is 0 Å². The number of para-hydroxylation sites is 4. The zero-order valence-corrected chi connectivity index (χ0v) is 37.2. The minimum atomic E-state index is -0.630. The van der Waals surface area contributed by atoms with E-state index in [1.54, 1.807) is 0 Å². The van der Waals surface area contributed by atoms with Gasteiger partial charge >= 0.3 is 0 Å². The zero-order valence-electron chi connectivity index (χ0n) is 37.2. The van der Waals surface area contributed by atoms with Crippen molar-refractivity contribution in [2.45, 2.75) is 44.9 Å². The van der Waals surface area contributed by atoms with Gasteiger partial charge in [-0.25, -0.2) is 4.98 Å². The normalized spacial score (nSPS) is 13.0. The Morgan fingerprint density at radius 3 is 1.85 bits per heavy atom. The molecule has 0 saturated carbocycles. The molecule has 1 aliphatic carbocycles. The molecule has 0 saturated heterocycles. The number of nitrogens with zero attached hydrogens (tertiary/aromatic N) is 4. The molecule has 312 valence electrons. The topological polar surface area (TPSA) is 26.6 Å². The van der Waals surface area contributed by atoms with Gasteiger partial charge in [0.25, 0.3) is 6.33 Å². The van der Waals surface area contributed by atoms with Crippen LogP contribution in [-0.2, 0) is 5.41 Å². The quantitative estimate of drug-likeness (QED) is 0.140. The average Bonchev–Trinajstić information content (AvgIpc) is 4.01. The molecule has 11 aromatic rings. The summed E-state index contributed by atoms with van der Waals surface area (Å²) >= 11 is 0. The molecule has 3 aromatic heterocycles. The zero-order chi connectivity index (χ0) is 43.8. The Morgan fingerprint density at radius 1 is 0.492 bits per heavy atom. The first-order valence-electron chi connectivity index (χ1n) is 22.9. The molecule has 65 heavy (non-hydrogen) atoms. The summed E-state index contributed by atoms with van der Waals surface area (Å²) in [6, 6.07) is 73.9. The Hall–Kier alpha value is -7.82. The highest BCUT2D eigenvalue weighted by molar-refractivity contribution is 6.09. The van der Waals surface area contributed by atoms with Gasteiger partial charge in [-0.3, -0.25) is 4.57 Å². The van der Waals surface area contributed by atoms with Crippen LogP contribution in [0.5, 0.6) is 0 Å². The van der Waals surface area contributed by atoms with Crippen LogP contribution in [0.3, 0.4) is 0 Å². The Labute approximate surface area is 380 Å². The van der Waals surface area contributed by atoms with E-state index in [9.17, 15) is 0 Å². The lowest BCUT2D eigenvalue weighted by atomic mass is 9.67. The summed E-state index contributed by atoms with van der Waals surface area (Å²) in [6.07, 6.45) is 4.23. The van der Waals surface area contributed by atoms with Crippen molar-refractivity contribution in [3.63, 3.8) is 0 Å². The monoisotopic (exact) mass is 837 g/mol. The molecule has 8 aromatic carbocycles. The van der Waals surface area contributed by atoms with Gasteiger partial charge in [0.1, 0.15) is 17.2 Å². The van der Waals surface area contributed by atoms with E-state index in [2.05, 4.69) is 248 Å². The number of hydrogen-bond acceptors (Lipinski definition) is 1. The van der Waals surface area contributed by atoms with Gasteiger partial charge in [-0.15, -0.1) is 0 Å². The third kappa shape index (κ3) is 5.90. The molecule has 0 aliphatic heterocycles. The van der Waals surface area contributed by atoms with Crippen molar-refractivity contribution in [3.05, 3.63) is 246 Å². The molecule has 12 rings (SSSR count). The standard InChI is InChI=1S/C61H49N4/c1-40(2)47-25-17-26-48(41(3)4)60(47)42-34-35-62-59(36-42)65-55-29-13-10-24-51(55)52-33-32-44(38-58(52)65)61(53-27-11-8-22-49(53)50-23-9-12-28-54(50)61)43-18-16-21-46(37-43)64-39-63(45-19-6-5-7-20-45)56-30-14-15-31-57(56)64/h5-41H,1-4H3/q+1. The lowest BCUT2D eigenvalue weighted by Gasteiger charge is -2.34. The van der Waals surface area contributed by atoms with Crippen molar-refractivity contribution in [3.8, 4) is 39.4 Å². The van der Waals surface area contributed by atoms with E-state index < -0.39 is 5.41 Å². The molecule has 0 atom stereocenters. The number of pyridine rings is 1. The molecule has 4 heteroatoms. The average molecular weight is 838 g/mol. The van der Waals surface area contributed by atoms with Gasteiger partial charge in [0.2, 0.25) is 0 Å². The molecular formula is C61H49N4+. The van der Waals surface area contributed by atoms with Gasteiger partial charge in [-0.05, 0) is 128 Å². The van der Waals surface area contributed by atoms with Crippen LogP contribution in [0.2, 0.25) is 0 Å². The fraction of sp³-hybridized carbons (Fsp3) is 0.115. The van der Waals surface area contributed by atoms with E-state index in [4.69, 9.17) is 4.98 Å². The molecule has 4 nitrogen and oxygen atoms in total. The molecule has 0 bridgehead atoms. The minimum Gasteiger partial charge on any atom is -0.294 e. The fourth-order valence-electron chi connectivity index (χ4n) is 11.1. The van der Waals surface area contributed by atoms with Crippen molar-refractivity contribution in [2.24, 2.45) is 0 Å². The molecule has 0 N–H and O–H groups in total. The predicted molar refractivity (Wildman–Crippen MR) is 268 cm³/mol. The van der Waals surface area contributed by atoms with E-state index in [1.165, 1.54) is 66.4 Å². The Kier molecular flexibility index (Phi) is 9.06. The summed E-state index contributed by atoms with van der Waals surface area (Å²) in [5.74, 6) is 1.67. The van der Waals surface area contributed by atoms with Gasteiger partial charge in [0.15, 0.2) is 11.0 Å². The number of imidazole rings is 1. The van der Waals surface area contributed by atoms with E-state index in [0.29, 0.717) is 11.8 Å². The second-order valence-corrected chi connectivity index (χ2v) is 18.2. The van der Waals surface area contributed by atoms with Crippen LogP contribution in [0.15, 0.2) is 213 Å². The molecule has 0 spiro atoms. The van der Waals surface area contributed by atoms with E-state index >= 15 is 0 Å². The van der Waals surface area contributed by atoms with Gasteiger partial charge in [0, 0.05) is 17.0 Å². The Balaban J connectivity index is 1.12. The van der Waals surface area contributed by atoms with Gasteiger partial charge in [-0.1, -0.05) is 167 Å². The van der Waals surface area contributed by atoms with Crippen molar-refractivity contribution < 1.29 is 4.57 Å². The maximum absolute atomic E-state index is 5.18. The third-order valence-corrected chi connectivity index (χ3v) is 13.9. The van der Waals surface area contributed by atoms with E-state index in [-0.39, 0.29) is 0 Å². The highest BCUT2D eigenvalue weighted by atomic mass is 15.1. The smallest absolute Gasteiger partial charge is 0.255 e. The Morgan fingerprint density at radius 2 is 1.11 bits per heavy atom. The van der Waals surface area contributed by atoms with Crippen molar-refractivity contribution >= 4 is 32.8 Å². The van der Waals surface area contributed by atoms with Crippen LogP contribution in [0.1, 0.15) is 72.9 Å². The number of fused-ring (bicyclic) bond motifs is 7. The molecule has 0 fully saturated rings. The molecule has 0 amide bonds. The summed E-state index contributed by atoms with van der Waals surface area (Å²) in [5.41, 5.74) is 18.9. The number of aromatic nitrogens is 4. The summed E-state index contributed by atoms with van der Waals surface area (Å²) in [5, 5.41) is 2.41. The van der Waals surface area contributed by atoms with Gasteiger partial charge < -0.3 is 0 Å². The number of benzene rings is 8. The maximum atomic E-state index is 5.18. The second kappa shape index (κ2) is 15.2. The summed E-state index contributed by atoms with van der Waals surface area (Å²) < 4.78 is 7.03. The van der Waals surface area contributed by atoms with Crippen LogP contribution in [0.4, 0.5) is 0 Å². The fourth-order valence-corrected chi connectivity index (χ4v) is 11.1. The van der Waals surface area contributed by atoms with Crippen LogP contribution in [0.25, 0.3) is 72.3 Å². The van der Waals surface area contributed by atoms with Crippen LogP contribution in [-0.4, -0.2) is 14.1 Å². The Bertz CT molecular complexity index is 3550. The molecule has 1 aliphatic rings. The first-order valence-corrected chi connectivity index (χ1v) is 22.9. The van der Waals surface area contributed by atoms with Gasteiger partial charge in [0.05, 0.1) is 16.4 Å². The lowest BCUT2D eigenvalue weighted by Crippen LogP contribution is -2.29. The molecule has 0 radical (unpaired) electrons. The van der Waals surface area contributed by atoms with Crippen molar-refractivity contribution in [2.75, 3.05) is 0 Å². The predicted octanol–water partition coefficient (Wildman–Crippen LogP) is 14.7. The van der Waals surface area contributed by atoms with Crippen molar-refractivity contribution in [1.82, 2.24) is 14.1 Å². The first kappa shape index (κ1) is 38.8. The summed E-state index contributed by atoms with van der Waals surface area (Å²) in [7, 11) is 0. The summed E-state index contributed by atoms with van der Waals surface area (Å²) in [6.45, 7) is 9.19. The van der Waals surface area contributed by atoms with Crippen LogP contribution < -0.4 is 4.57 Å². The highest BCUT2D eigenvalue weighted by Crippen LogP contribution is 2.57. The highest BCUT2D eigenvalue weighted by Gasteiger charge is 2.46.